The number of benzene rings is 1. The Morgan fingerprint density at radius 3 is 2.96 bits per heavy atom. The molecule has 7 heteroatoms. The van der Waals surface area contributed by atoms with E-state index in [4.69, 9.17) is 5.26 Å². The van der Waals surface area contributed by atoms with E-state index in [1.807, 2.05) is 39.8 Å². The molecule has 1 aromatic heterocycles. The second-order valence-corrected chi connectivity index (χ2v) is 9.13. The van der Waals surface area contributed by atoms with Crippen molar-refractivity contribution < 1.29 is 4.79 Å². The number of carbonyl (C=O) groups is 1. The molecule has 0 unspecified atom stereocenters. The van der Waals surface area contributed by atoms with E-state index >= 15 is 0 Å². The molecule has 0 aliphatic carbocycles. The summed E-state index contributed by atoms with van der Waals surface area (Å²) in [5, 5.41) is 12.3. The van der Waals surface area contributed by atoms with Crippen LogP contribution < -0.4 is 5.32 Å². The van der Waals surface area contributed by atoms with Gasteiger partial charge in [-0.15, -0.1) is 11.3 Å². The van der Waals surface area contributed by atoms with Gasteiger partial charge in [0.15, 0.2) is 5.01 Å². The van der Waals surface area contributed by atoms with Crippen molar-refractivity contribution >= 4 is 54.7 Å². The van der Waals surface area contributed by atoms with Gasteiger partial charge in [-0.05, 0) is 37.0 Å². The number of rotatable bonds is 6. The van der Waals surface area contributed by atoms with E-state index in [1.165, 1.54) is 29.3 Å². The molecular formula is C16H17N3OS3. The number of hydrogen-bond acceptors (Lipinski definition) is 6. The molecule has 2 heterocycles. The number of carbonyl (C=O) groups excluding carboxylic acids is 1. The van der Waals surface area contributed by atoms with Gasteiger partial charge in [0.1, 0.15) is 6.07 Å². The van der Waals surface area contributed by atoms with E-state index in [0.717, 1.165) is 34.7 Å². The fraction of sp³-hybridized carbons (Fsp3) is 0.438. The molecule has 0 radical (unpaired) electrons. The van der Waals surface area contributed by atoms with Crippen molar-refractivity contribution in [1.29, 1.82) is 5.26 Å². The van der Waals surface area contributed by atoms with Crippen LogP contribution in [-0.4, -0.2) is 22.4 Å². The van der Waals surface area contributed by atoms with Crippen LogP contribution in [0.3, 0.4) is 0 Å². The lowest BCUT2D eigenvalue weighted by Crippen LogP contribution is -2.11. The number of anilines is 1. The highest BCUT2D eigenvalue weighted by Crippen LogP contribution is 2.36. The van der Waals surface area contributed by atoms with Gasteiger partial charge in [0.25, 0.3) is 0 Å². The standard InChI is InChI=1S/C16H17N3OS3/c17-8-16-19-13-6-5-12(7-14(13)23-16)18-15(20)4-2-1-3-11-9-21-22-10-11/h5-7,11H,1-4,9-10H2,(H,18,20). The summed E-state index contributed by atoms with van der Waals surface area (Å²) in [6.45, 7) is 0. The molecule has 1 fully saturated rings. The highest BCUT2D eigenvalue weighted by molar-refractivity contribution is 8.77. The molecule has 23 heavy (non-hydrogen) atoms. The van der Waals surface area contributed by atoms with Gasteiger partial charge in [-0.2, -0.15) is 5.26 Å². The number of nitrogens with zero attached hydrogens (tertiary/aromatic N) is 2. The zero-order chi connectivity index (χ0) is 16.1. The average molecular weight is 364 g/mol. The van der Waals surface area contributed by atoms with E-state index < -0.39 is 0 Å². The number of nitrogens with one attached hydrogen (secondary N) is 1. The molecule has 2 aromatic rings. The molecule has 0 bridgehead atoms. The van der Waals surface area contributed by atoms with Crippen molar-refractivity contribution in [3.05, 3.63) is 23.2 Å². The van der Waals surface area contributed by atoms with E-state index in [9.17, 15) is 4.79 Å². The number of hydrogen-bond donors (Lipinski definition) is 1. The Morgan fingerprint density at radius 2 is 2.17 bits per heavy atom. The summed E-state index contributed by atoms with van der Waals surface area (Å²) in [6, 6.07) is 7.63. The fourth-order valence-electron chi connectivity index (χ4n) is 2.50. The first-order valence-corrected chi connectivity index (χ1v) is 10.9. The molecule has 4 nitrogen and oxygen atoms in total. The van der Waals surface area contributed by atoms with Gasteiger partial charge < -0.3 is 5.32 Å². The molecule has 1 aliphatic heterocycles. The van der Waals surface area contributed by atoms with Crippen LogP contribution >= 0.6 is 32.9 Å². The summed E-state index contributed by atoms with van der Waals surface area (Å²) in [7, 11) is 3.93. The first-order chi connectivity index (χ1) is 11.2. The van der Waals surface area contributed by atoms with Gasteiger partial charge in [-0.25, -0.2) is 4.98 Å². The molecule has 1 aromatic carbocycles. The molecule has 0 saturated carbocycles. The Balaban J connectivity index is 1.46. The van der Waals surface area contributed by atoms with Crippen LogP contribution in [0.4, 0.5) is 5.69 Å². The van der Waals surface area contributed by atoms with Gasteiger partial charge in [0, 0.05) is 23.6 Å². The molecule has 120 valence electrons. The first-order valence-electron chi connectivity index (χ1n) is 7.59. The summed E-state index contributed by atoms with van der Waals surface area (Å²) in [6.07, 6.45) is 3.87. The van der Waals surface area contributed by atoms with E-state index in [2.05, 4.69) is 16.4 Å². The van der Waals surface area contributed by atoms with Crippen molar-refractivity contribution in [1.82, 2.24) is 4.98 Å². The third-order valence-electron chi connectivity index (χ3n) is 3.72. The zero-order valence-corrected chi connectivity index (χ0v) is 15.0. The maximum Gasteiger partial charge on any atom is 0.224 e. The Labute approximate surface area is 147 Å². The molecule has 3 rings (SSSR count). The van der Waals surface area contributed by atoms with E-state index in [0.29, 0.717) is 11.4 Å². The maximum absolute atomic E-state index is 12.0. The van der Waals surface area contributed by atoms with Gasteiger partial charge in [-0.1, -0.05) is 28.0 Å². The minimum Gasteiger partial charge on any atom is -0.326 e. The van der Waals surface area contributed by atoms with Crippen molar-refractivity contribution in [3.8, 4) is 6.07 Å². The van der Waals surface area contributed by atoms with Crippen LogP contribution in [0.5, 0.6) is 0 Å². The van der Waals surface area contributed by atoms with Crippen LogP contribution in [0.2, 0.25) is 0 Å². The lowest BCUT2D eigenvalue weighted by molar-refractivity contribution is -0.116. The van der Waals surface area contributed by atoms with Gasteiger partial charge >= 0.3 is 0 Å². The van der Waals surface area contributed by atoms with Gasteiger partial charge in [0.2, 0.25) is 5.91 Å². The zero-order valence-electron chi connectivity index (χ0n) is 12.6. The largest absolute Gasteiger partial charge is 0.326 e. The number of aromatic nitrogens is 1. The van der Waals surface area contributed by atoms with Crippen LogP contribution in [0.15, 0.2) is 18.2 Å². The van der Waals surface area contributed by atoms with Crippen molar-refractivity contribution in [2.45, 2.75) is 25.7 Å². The molecule has 0 atom stereocenters. The Hall–Kier alpha value is -1.23. The van der Waals surface area contributed by atoms with Crippen LogP contribution in [-0.2, 0) is 4.79 Å². The summed E-state index contributed by atoms with van der Waals surface area (Å²) >= 11 is 1.35. The number of nitriles is 1. The third kappa shape index (κ3) is 4.63. The van der Waals surface area contributed by atoms with Crippen LogP contribution in [0.25, 0.3) is 10.2 Å². The van der Waals surface area contributed by atoms with Crippen LogP contribution in [0.1, 0.15) is 30.7 Å². The fourth-order valence-corrected chi connectivity index (χ4v) is 6.33. The lowest BCUT2D eigenvalue weighted by Gasteiger charge is -2.07. The Bertz CT molecular complexity index is 732. The molecular weight excluding hydrogens is 346 g/mol. The van der Waals surface area contributed by atoms with Crippen molar-refractivity contribution in [2.24, 2.45) is 5.92 Å². The molecule has 1 amide bonds. The SMILES string of the molecule is N#Cc1nc2ccc(NC(=O)CCCCC3CSSC3)cc2s1. The van der Waals surface area contributed by atoms with Crippen LogP contribution in [0, 0.1) is 17.2 Å². The smallest absolute Gasteiger partial charge is 0.224 e. The highest BCUT2D eigenvalue weighted by atomic mass is 33.1. The Kier molecular flexibility index (Phi) is 5.81. The van der Waals surface area contributed by atoms with E-state index in [-0.39, 0.29) is 5.91 Å². The number of unbranched alkanes of at least 4 members (excludes halogenated alkanes) is 1. The quantitative estimate of drug-likeness (QED) is 0.596. The van der Waals surface area contributed by atoms with Crippen molar-refractivity contribution in [2.75, 3.05) is 16.8 Å². The number of thiazole rings is 1. The summed E-state index contributed by atoms with van der Waals surface area (Å²) in [4.78, 5) is 16.2. The van der Waals surface area contributed by atoms with Gasteiger partial charge in [-0.3, -0.25) is 4.79 Å². The third-order valence-corrected chi connectivity index (χ3v) is 7.35. The predicted octanol–water partition coefficient (Wildman–Crippen LogP) is 4.68. The normalized spacial score (nSPS) is 14.9. The summed E-state index contributed by atoms with van der Waals surface area (Å²) in [5.74, 6) is 3.41. The molecule has 1 saturated heterocycles. The minimum atomic E-state index is 0.0598. The number of fused-ring (bicyclic) bond motifs is 1. The van der Waals surface area contributed by atoms with Gasteiger partial charge in [0.05, 0.1) is 10.2 Å². The Morgan fingerprint density at radius 1 is 1.35 bits per heavy atom. The number of amides is 1. The van der Waals surface area contributed by atoms with E-state index in [1.54, 1.807) is 0 Å². The summed E-state index contributed by atoms with van der Waals surface area (Å²) in [5.41, 5.74) is 1.58. The predicted molar refractivity (Wildman–Crippen MR) is 99.8 cm³/mol. The highest BCUT2D eigenvalue weighted by Gasteiger charge is 2.15. The molecule has 1 N–H and O–H groups in total. The lowest BCUT2D eigenvalue weighted by atomic mass is 10.0. The average Bonchev–Trinajstić information content (AvgIpc) is 3.20. The monoisotopic (exact) mass is 363 g/mol. The minimum absolute atomic E-state index is 0.0598. The second-order valence-electron chi connectivity index (χ2n) is 5.54. The first kappa shape index (κ1) is 16.6. The molecule has 0 spiro atoms. The summed E-state index contributed by atoms with van der Waals surface area (Å²) < 4.78 is 0.926. The maximum atomic E-state index is 12.0. The topological polar surface area (TPSA) is 65.8 Å². The van der Waals surface area contributed by atoms with Crippen molar-refractivity contribution in [3.63, 3.8) is 0 Å². The second kappa shape index (κ2) is 8.04. The molecule has 1 aliphatic rings.